The first-order valence-corrected chi connectivity index (χ1v) is 16.4. The summed E-state index contributed by atoms with van der Waals surface area (Å²) < 4.78 is 55.1. The van der Waals surface area contributed by atoms with Crippen LogP contribution in [0.1, 0.15) is 91.4 Å². The van der Waals surface area contributed by atoms with Gasteiger partial charge in [0.15, 0.2) is 17.6 Å². The first-order chi connectivity index (χ1) is 22.7. The van der Waals surface area contributed by atoms with Crippen LogP contribution in [0.15, 0.2) is 30.9 Å². The van der Waals surface area contributed by atoms with Crippen LogP contribution >= 0.6 is 0 Å². The van der Waals surface area contributed by atoms with Crippen LogP contribution in [-0.2, 0) is 31.7 Å². The number of halogens is 3. The third-order valence-corrected chi connectivity index (χ3v) is 8.80. The third-order valence-electron chi connectivity index (χ3n) is 8.80. The Labute approximate surface area is 284 Å². The van der Waals surface area contributed by atoms with E-state index < -0.39 is 52.6 Å². The van der Waals surface area contributed by atoms with Crippen molar-refractivity contribution in [3.63, 3.8) is 0 Å². The number of hydrogen-bond acceptors (Lipinski definition) is 8. The van der Waals surface area contributed by atoms with Crippen molar-refractivity contribution < 1.29 is 46.3 Å². The van der Waals surface area contributed by atoms with E-state index >= 15 is 0 Å². The SMILES string of the molecule is C=CCN(c1cc(-n2nc(C(F)(F)F)c3c2CC(C)(C)CC3=O)ccc1C(N)=O)C1CCC(OC(=O)CC(C[N+](C)(C)C)OC(C)=O)CC1. The van der Waals surface area contributed by atoms with Gasteiger partial charge in [0.05, 0.1) is 55.8 Å². The van der Waals surface area contributed by atoms with Crippen molar-refractivity contribution in [1.29, 1.82) is 0 Å². The van der Waals surface area contributed by atoms with Crippen molar-refractivity contribution in [2.45, 2.75) is 90.1 Å². The maximum atomic E-state index is 14.1. The number of nitrogens with two attached hydrogens (primary N) is 1. The Bertz CT molecular complexity index is 1600. The van der Waals surface area contributed by atoms with Gasteiger partial charge in [-0.2, -0.15) is 18.3 Å². The van der Waals surface area contributed by atoms with Crippen LogP contribution < -0.4 is 10.6 Å². The molecule has 11 nitrogen and oxygen atoms in total. The number of nitrogens with zero attached hydrogens (tertiary/aromatic N) is 4. The largest absolute Gasteiger partial charge is 0.462 e. The molecule has 1 fully saturated rings. The first-order valence-electron chi connectivity index (χ1n) is 16.4. The van der Waals surface area contributed by atoms with Gasteiger partial charge in [-0.3, -0.25) is 19.2 Å². The molecule has 0 bridgehead atoms. The number of fused-ring (bicyclic) bond motifs is 1. The highest BCUT2D eigenvalue weighted by atomic mass is 19.4. The predicted molar refractivity (Wildman–Crippen MR) is 176 cm³/mol. The minimum atomic E-state index is -4.84. The fraction of sp³-hybridized carbons (Fsp3) is 0.571. The summed E-state index contributed by atoms with van der Waals surface area (Å²) in [5.74, 6) is -2.26. The Kier molecular flexibility index (Phi) is 11.0. The number of Topliss-reactive ketones (excluding diaryl/α,β-unsaturated/α-hetero) is 1. The predicted octanol–water partition coefficient (Wildman–Crippen LogP) is 5.02. The number of rotatable bonds is 12. The Hall–Kier alpha value is -4.20. The minimum Gasteiger partial charge on any atom is -0.462 e. The maximum Gasteiger partial charge on any atom is 0.435 e. The van der Waals surface area contributed by atoms with Gasteiger partial charge in [0.1, 0.15) is 12.6 Å². The van der Waals surface area contributed by atoms with Crippen LogP contribution in [0.4, 0.5) is 18.9 Å². The van der Waals surface area contributed by atoms with Gasteiger partial charge in [0.25, 0.3) is 5.91 Å². The second-order valence-corrected chi connectivity index (χ2v) is 14.9. The molecular weight excluding hydrogens is 643 g/mol. The van der Waals surface area contributed by atoms with Gasteiger partial charge in [-0.1, -0.05) is 19.9 Å². The van der Waals surface area contributed by atoms with Gasteiger partial charge in [0, 0.05) is 25.9 Å². The second-order valence-electron chi connectivity index (χ2n) is 14.9. The fourth-order valence-electron chi connectivity index (χ4n) is 6.92. The number of carbonyl (C=O) groups excluding carboxylic acids is 4. The molecule has 14 heteroatoms. The van der Waals surface area contributed by atoms with Crippen LogP contribution in [-0.4, -0.2) is 90.4 Å². The zero-order chi connectivity index (χ0) is 36.5. The molecule has 1 unspecified atom stereocenters. The summed E-state index contributed by atoms with van der Waals surface area (Å²) in [7, 11) is 5.80. The van der Waals surface area contributed by atoms with E-state index in [1.54, 1.807) is 12.1 Å². The smallest absolute Gasteiger partial charge is 0.435 e. The van der Waals surface area contributed by atoms with E-state index in [2.05, 4.69) is 11.7 Å². The Morgan fingerprint density at radius 1 is 1.16 bits per heavy atom. The number of amides is 1. The summed E-state index contributed by atoms with van der Waals surface area (Å²) in [5, 5.41) is 3.91. The van der Waals surface area contributed by atoms with Crippen molar-refractivity contribution >= 4 is 29.3 Å². The Morgan fingerprint density at radius 2 is 1.82 bits per heavy atom. The number of alkyl halides is 3. The molecule has 2 N–H and O–H groups in total. The van der Waals surface area contributed by atoms with Gasteiger partial charge in [-0.25, -0.2) is 4.68 Å². The third kappa shape index (κ3) is 9.28. The number of anilines is 1. The lowest BCUT2D eigenvalue weighted by molar-refractivity contribution is -0.873. The van der Waals surface area contributed by atoms with Crippen LogP contribution in [0.5, 0.6) is 0 Å². The molecule has 0 spiro atoms. The lowest BCUT2D eigenvalue weighted by atomic mass is 9.75. The number of likely N-dealkylation sites (N-methyl/N-ethyl adjacent to an activating group) is 1. The van der Waals surface area contributed by atoms with E-state index in [0.717, 1.165) is 4.68 Å². The normalized spacial score (nSPS) is 19.8. The van der Waals surface area contributed by atoms with E-state index in [9.17, 15) is 32.3 Å². The number of ketones is 1. The number of quaternary nitrogens is 1. The van der Waals surface area contributed by atoms with Gasteiger partial charge in [-0.15, -0.1) is 6.58 Å². The molecular formula is C35H47F3N5O6+. The molecule has 1 amide bonds. The number of ether oxygens (including phenoxy) is 2. The summed E-state index contributed by atoms with van der Waals surface area (Å²) in [5.41, 5.74) is 4.55. The fourth-order valence-corrected chi connectivity index (χ4v) is 6.92. The van der Waals surface area contributed by atoms with Crippen molar-refractivity contribution in [3.8, 4) is 5.69 Å². The molecule has 2 aliphatic carbocycles. The summed E-state index contributed by atoms with van der Waals surface area (Å²) in [6, 6.07) is 4.38. The van der Waals surface area contributed by atoms with E-state index in [1.807, 2.05) is 39.9 Å². The van der Waals surface area contributed by atoms with Crippen molar-refractivity contribution in [2.75, 3.05) is 39.1 Å². The van der Waals surface area contributed by atoms with E-state index in [1.165, 1.54) is 19.1 Å². The second kappa shape index (κ2) is 14.3. The lowest BCUT2D eigenvalue weighted by Crippen LogP contribution is -2.44. The van der Waals surface area contributed by atoms with Crippen molar-refractivity contribution in [1.82, 2.24) is 9.78 Å². The molecule has 0 aliphatic heterocycles. The topological polar surface area (TPSA) is 134 Å². The maximum absolute atomic E-state index is 14.1. The first kappa shape index (κ1) is 37.6. The van der Waals surface area contributed by atoms with Gasteiger partial charge in [-0.05, 0) is 55.7 Å². The molecule has 2 aliphatic rings. The van der Waals surface area contributed by atoms with Crippen molar-refractivity contribution in [3.05, 3.63) is 53.4 Å². The van der Waals surface area contributed by atoms with Gasteiger partial charge >= 0.3 is 18.1 Å². The zero-order valence-corrected chi connectivity index (χ0v) is 29.1. The molecule has 268 valence electrons. The van der Waals surface area contributed by atoms with E-state index in [0.29, 0.717) is 48.9 Å². The molecule has 1 aromatic carbocycles. The number of benzene rings is 1. The average molecular weight is 691 g/mol. The van der Waals surface area contributed by atoms with Crippen LogP contribution in [0, 0.1) is 5.41 Å². The molecule has 1 heterocycles. The van der Waals surface area contributed by atoms with Crippen LogP contribution in [0.2, 0.25) is 0 Å². The average Bonchev–Trinajstić information content (AvgIpc) is 3.34. The number of hydrogen-bond donors (Lipinski definition) is 1. The molecule has 0 saturated heterocycles. The minimum absolute atomic E-state index is 0.0330. The van der Waals surface area contributed by atoms with Crippen LogP contribution in [0.25, 0.3) is 5.69 Å². The lowest BCUT2D eigenvalue weighted by Gasteiger charge is -2.38. The number of esters is 2. The summed E-state index contributed by atoms with van der Waals surface area (Å²) >= 11 is 0. The highest BCUT2D eigenvalue weighted by molar-refractivity contribution is 6.01. The molecule has 1 aromatic heterocycles. The van der Waals surface area contributed by atoms with E-state index in [4.69, 9.17) is 15.2 Å². The number of primary amides is 1. The molecule has 4 rings (SSSR count). The Morgan fingerprint density at radius 3 is 2.37 bits per heavy atom. The van der Waals surface area contributed by atoms with Crippen LogP contribution in [0.3, 0.4) is 0 Å². The van der Waals surface area contributed by atoms with Gasteiger partial charge in [0.2, 0.25) is 0 Å². The zero-order valence-electron chi connectivity index (χ0n) is 29.1. The summed E-state index contributed by atoms with van der Waals surface area (Å²) in [4.78, 5) is 52.0. The van der Waals surface area contributed by atoms with Gasteiger partial charge < -0.3 is 24.6 Å². The summed E-state index contributed by atoms with van der Waals surface area (Å²) in [6.45, 7) is 9.55. The highest BCUT2D eigenvalue weighted by Gasteiger charge is 2.45. The molecule has 2 aromatic rings. The van der Waals surface area contributed by atoms with E-state index in [-0.39, 0.29) is 48.4 Å². The molecule has 1 saturated carbocycles. The highest BCUT2D eigenvalue weighted by Crippen LogP contribution is 2.42. The molecule has 1 atom stereocenters. The Balaban J connectivity index is 1.60. The monoisotopic (exact) mass is 690 g/mol. The summed E-state index contributed by atoms with van der Waals surface area (Å²) in [6.07, 6.45) is -1.91. The van der Waals surface area contributed by atoms with Crippen molar-refractivity contribution in [2.24, 2.45) is 11.1 Å². The quantitative estimate of drug-likeness (QED) is 0.187. The molecule has 49 heavy (non-hydrogen) atoms. The number of carbonyl (C=O) groups is 4. The number of aromatic nitrogens is 2. The molecule has 0 radical (unpaired) electrons. The standard InChI is InChI=1S/C35H46F3N5O6/c1-8-15-41(22-9-12-24(13-10-22)49-30(46)17-25(48-21(2)44)20-43(5,6)7)27-16-23(11-14-26(27)33(39)47)42-28-18-34(3,4)19-29(45)31(28)32(40-42)35(36,37)38/h8,11,14,16,22,24-25H,1,9-10,12-13,15,17-20H2,2-7H3,(H-,39,47)/p+1.